The molecule has 0 bridgehead atoms. The zero-order valence-electron chi connectivity index (χ0n) is 11.9. The molecular weight excluding hydrogens is 260 g/mol. The molecule has 0 radical (unpaired) electrons. The highest BCUT2D eigenvalue weighted by molar-refractivity contribution is 5.41. The van der Waals surface area contributed by atoms with Crippen molar-refractivity contribution in [3.05, 3.63) is 45.2 Å². The molecule has 0 saturated heterocycles. The summed E-state index contributed by atoms with van der Waals surface area (Å²) in [7, 11) is 1.60. The minimum atomic E-state index is -0.444. The zero-order chi connectivity index (χ0) is 14.9. The van der Waals surface area contributed by atoms with Crippen LogP contribution in [0, 0.1) is 30.9 Å². The molecule has 106 valence electrons. The maximum Gasteiger partial charge on any atom is 0.343 e. The Balaban J connectivity index is 2.46. The van der Waals surface area contributed by atoms with Gasteiger partial charge < -0.3 is 14.9 Å². The van der Waals surface area contributed by atoms with Gasteiger partial charge in [0.05, 0.1) is 12.8 Å². The van der Waals surface area contributed by atoms with Gasteiger partial charge in [-0.1, -0.05) is 0 Å². The molecule has 2 aromatic rings. The molecule has 0 fully saturated rings. The molecule has 20 heavy (non-hydrogen) atoms. The van der Waals surface area contributed by atoms with Crippen molar-refractivity contribution in [2.75, 3.05) is 7.11 Å². The Bertz CT molecular complexity index is 664. The average molecular weight is 276 g/mol. The Hall–Kier alpha value is -2.44. The van der Waals surface area contributed by atoms with Crippen molar-refractivity contribution in [2.24, 2.45) is 0 Å². The fraction of sp³-hybridized carbons (Fsp3) is 0.385. The first-order chi connectivity index (χ1) is 9.45. The number of hydrogen-bond acceptors (Lipinski definition) is 5. The van der Waals surface area contributed by atoms with Crippen molar-refractivity contribution in [2.45, 2.75) is 27.3 Å². The summed E-state index contributed by atoms with van der Waals surface area (Å²) in [4.78, 5) is 18.9. The van der Waals surface area contributed by atoms with E-state index in [1.54, 1.807) is 20.2 Å². The normalized spacial score (nSPS) is 10.6. The van der Waals surface area contributed by atoms with E-state index in [4.69, 9.17) is 4.74 Å². The van der Waals surface area contributed by atoms with Crippen LogP contribution in [0.2, 0.25) is 0 Å². The molecule has 0 amide bonds. The minimum absolute atomic E-state index is 0.0387. The van der Waals surface area contributed by atoms with Crippen LogP contribution < -0.4 is 4.74 Å². The van der Waals surface area contributed by atoms with Crippen LogP contribution in [0.5, 0.6) is 5.75 Å². The second-order valence-corrected chi connectivity index (χ2v) is 4.55. The lowest BCUT2D eigenvalue weighted by molar-refractivity contribution is -0.392. The van der Waals surface area contributed by atoms with Gasteiger partial charge in [0.15, 0.2) is 5.82 Å². The average Bonchev–Trinajstić information content (AvgIpc) is 2.75. The summed E-state index contributed by atoms with van der Waals surface area (Å²) in [5.41, 5.74) is 2.55. The predicted octanol–water partition coefficient (Wildman–Crippen LogP) is 2.17. The molecule has 7 nitrogen and oxygen atoms in total. The maximum absolute atomic E-state index is 11.0. The molecule has 0 N–H and O–H groups in total. The van der Waals surface area contributed by atoms with Gasteiger partial charge in [0.25, 0.3) is 0 Å². The SMILES string of the molecule is COc1c(C)cnc(Cn2c([N+](=O)[O-])cnc2C)c1C. The number of aromatic nitrogens is 3. The van der Waals surface area contributed by atoms with Crippen LogP contribution in [0.1, 0.15) is 22.6 Å². The third-order valence-corrected chi connectivity index (χ3v) is 3.28. The molecule has 0 aromatic carbocycles. The molecule has 0 saturated carbocycles. The quantitative estimate of drug-likeness (QED) is 0.631. The van der Waals surface area contributed by atoms with Gasteiger partial charge in [-0.25, -0.2) is 9.55 Å². The highest BCUT2D eigenvalue weighted by atomic mass is 16.6. The largest absolute Gasteiger partial charge is 0.496 e. The van der Waals surface area contributed by atoms with E-state index in [9.17, 15) is 10.1 Å². The monoisotopic (exact) mass is 276 g/mol. The highest BCUT2D eigenvalue weighted by Gasteiger charge is 2.20. The van der Waals surface area contributed by atoms with E-state index in [2.05, 4.69) is 9.97 Å². The minimum Gasteiger partial charge on any atom is -0.496 e. The molecular formula is C13H16N4O3. The molecule has 0 atom stereocenters. The summed E-state index contributed by atoms with van der Waals surface area (Å²) in [6.45, 7) is 5.83. The molecule has 0 aliphatic heterocycles. The molecule has 2 heterocycles. The predicted molar refractivity (Wildman–Crippen MR) is 73.0 cm³/mol. The summed E-state index contributed by atoms with van der Waals surface area (Å²) in [5.74, 6) is 1.30. The molecule has 7 heteroatoms. The van der Waals surface area contributed by atoms with Crippen molar-refractivity contribution in [1.29, 1.82) is 0 Å². The van der Waals surface area contributed by atoms with Crippen molar-refractivity contribution < 1.29 is 9.66 Å². The number of imidazole rings is 1. The third kappa shape index (κ3) is 2.34. The third-order valence-electron chi connectivity index (χ3n) is 3.28. The second-order valence-electron chi connectivity index (χ2n) is 4.55. The maximum atomic E-state index is 11.0. The van der Waals surface area contributed by atoms with E-state index in [0.29, 0.717) is 12.4 Å². The molecule has 2 aromatic heterocycles. The van der Waals surface area contributed by atoms with Crippen molar-refractivity contribution in [1.82, 2.24) is 14.5 Å². The summed E-state index contributed by atoms with van der Waals surface area (Å²) in [6, 6.07) is 0. The highest BCUT2D eigenvalue weighted by Crippen LogP contribution is 2.25. The van der Waals surface area contributed by atoms with Crippen LogP contribution in [0.15, 0.2) is 12.4 Å². The second kappa shape index (κ2) is 5.28. The first kappa shape index (κ1) is 14.0. The number of rotatable bonds is 4. The van der Waals surface area contributed by atoms with Gasteiger partial charge in [-0.2, -0.15) is 0 Å². The van der Waals surface area contributed by atoms with Crippen LogP contribution >= 0.6 is 0 Å². The molecule has 0 spiro atoms. The van der Waals surface area contributed by atoms with E-state index in [-0.39, 0.29) is 5.82 Å². The number of methoxy groups -OCH3 is 1. The number of aryl methyl sites for hydroxylation is 2. The summed E-state index contributed by atoms with van der Waals surface area (Å²) in [6.07, 6.45) is 2.97. The van der Waals surface area contributed by atoms with E-state index >= 15 is 0 Å². The van der Waals surface area contributed by atoms with Crippen molar-refractivity contribution >= 4 is 5.82 Å². The van der Waals surface area contributed by atoms with Crippen molar-refractivity contribution in [3.8, 4) is 5.75 Å². The van der Waals surface area contributed by atoms with E-state index in [1.165, 1.54) is 10.8 Å². The molecule has 0 unspecified atom stereocenters. The van der Waals surface area contributed by atoms with Crippen LogP contribution in [0.25, 0.3) is 0 Å². The Morgan fingerprint density at radius 2 is 2.00 bits per heavy atom. The Morgan fingerprint density at radius 3 is 2.60 bits per heavy atom. The fourth-order valence-electron chi connectivity index (χ4n) is 2.18. The first-order valence-corrected chi connectivity index (χ1v) is 6.11. The summed E-state index contributed by atoms with van der Waals surface area (Å²) in [5, 5.41) is 11.0. The Labute approximate surface area is 116 Å². The lowest BCUT2D eigenvalue weighted by atomic mass is 10.1. The number of nitrogens with zero attached hydrogens (tertiary/aromatic N) is 4. The topological polar surface area (TPSA) is 83.1 Å². The Morgan fingerprint density at radius 1 is 1.30 bits per heavy atom. The number of pyridine rings is 1. The first-order valence-electron chi connectivity index (χ1n) is 6.11. The van der Waals surface area contributed by atoms with Gasteiger partial charge in [0.2, 0.25) is 0 Å². The van der Waals surface area contributed by atoms with Crippen LogP contribution in [0.4, 0.5) is 5.82 Å². The fourth-order valence-corrected chi connectivity index (χ4v) is 2.18. The van der Waals surface area contributed by atoms with Crippen molar-refractivity contribution in [3.63, 3.8) is 0 Å². The summed E-state index contributed by atoms with van der Waals surface area (Å²) >= 11 is 0. The van der Waals surface area contributed by atoms with Crippen LogP contribution in [-0.2, 0) is 6.54 Å². The lowest BCUT2D eigenvalue weighted by Crippen LogP contribution is -2.09. The number of hydrogen-bond donors (Lipinski definition) is 0. The zero-order valence-corrected chi connectivity index (χ0v) is 11.9. The number of nitro groups is 1. The van der Waals surface area contributed by atoms with Crippen LogP contribution in [0.3, 0.4) is 0 Å². The molecule has 0 aliphatic carbocycles. The lowest BCUT2D eigenvalue weighted by Gasteiger charge is -2.11. The van der Waals surface area contributed by atoms with Crippen LogP contribution in [-0.4, -0.2) is 26.6 Å². The summed E-state index contributed by atoms with van der Waals surface area (Å²) < 4.78 is 6.88. The standard InChI is InChI=1S/C13H16N4O3/c1-8-5-15-11(9(2)13(8)20-4)7-16-10(3)14-6-12(16)17(18)19/h5-6H,7H2,1-4H3. The van der Waals surface area contributed by atoms with Gasteiger partial charge in [-0.05, 0) is 18.8 Å². The van der Waals surface area contributed by atoms with Gasteiger partial charge in [-0.15, -0.1) is 0 Å². The van der Waals surface area contributed by atoms with Gasteiger partial charge in [0, 0.05) is 24.2 Å². The van der Waals surface area contributed by atoms with E-state index in [0.717, 1.165) is 22.6 Å². The smallest absolute Gasteiger partial charge is 0.343 e. The molecule has 0 aliphatic rings. The van der Waals surface area contributed by atoms with E-state index in [1.807, 2.05) is 13.8 Å². The molecule has 2 rings (SSSR count). The Kier molecular flexibility index (Phi) is 3.69. The van der Waals surface area contributed by atoms with Gasteiger partial charge in [-0.3, -0.25) is 4.98 Å². The van der Waals surface area contributed by atoms with Gasteiger partial charge in [0.1, 0.15) is 18.5 Å². The number of ether oxygens (including phenoxy) is 1. The van der Waals surface area contributed by atoms with E-state index < -0.39 is 4.92 Å². The van der Waals surface area contributed by atoms with Gasteiger partial charge >= 0.3 is 5.82 Å².